The molecule has 1 aromatic heterocycles. The number of anilines is 1. The fourth-order valence-electron chi connectivity index (χ4n) is 3.82. The van der Waals surface area contributed by atoms with Crippen molar-refractivity contribution in [3.05, 3.63) is 87.1 Å². The largest absolute Gasteiger partial charge is 0.379 e. The number of nitrogens with two attached hydrogens (primary N) is 1. The third-order valence-electron chi connectivity index (χ3n) is 5.77. The summed E-state index contributed by atoms with van der Waals surface area (Å²) in [5.74, 6) is -0.280. The summed E-state index contributed by atoms with van der Waals surface area (Å²) in [4.78, 5) is 28.9. The summed E-state index contributed by atoms with van der Waals surface area (Å²) in [6.07, 6.45) is 0.309. The molecule has 0 saturated carbocycles. The average molecular weight is 479 g/mol. The van der Waals surface area contributed by atoms with Crippen LogP contribution in [0.2, 0.25) is 0 Å². The van der Waals surface area contributed by atoms with Crippen LogP contribution in [0, 0.1) is 0 Å². The first-order chi connectivity index (χ1) is 16.6. The molecule has 1 saturated heterocycles. The maximum Gasteiger partial charge on any atom is 0.251 e. The lowest BCUT2D eigenvalue weighted by Crippen LogP contribution is -2.36. The molecule has 3 aromatic rings. The Morgan fingerprint density at radius 3 is 2.50 bits per heavy atom. The lowest BCUT2D eigenvalue weighted by atomic mass is 10.1. The zero-order chi connectivity index (χ0) is 23.8. The summed E-state index contributed by atoms with van der Waals surface area (Å²) < 4.78 is 5.45. The number of morpholine rings is 1. The minimum atomic E-state index is -0.186. The van der Waals surface area contributed by atoms with Gasteiger partial charge in [-0.1, -0.05) is 36.4 Å². The van der Waals surface area contributed by atoms with Crippen molar-refractivity contribution < 1.29 is 14.3 Å². The molecule has 4 rings (SSSR count). The van der Waals surface area contributed by atoms with Crippen molar-refractivity contribution >= 4 is 28.8 Å². The van der Waals surface area contributed by atoms with Gasteiger partial charge in [-0.3, -0.25) is 14.5 Å². The van der Waals surface area contributed by atoms with Crippen LogP contribution in [0.4, 0.5) is 5.69 Å². The van der Waals surface area contributed by atoms with E-state index in [2.05, 4.69) is 15.5 Å². The van der Waals surface area contributed by atoms with Gasteiger partial charge in [0.15, 0.2) is 0 Å². The van der Waals surface area contributed by atoms with Crippen LogP contribution >= 0.6 is 11.3 Å². The maximum absolute atomic E-state index is 12.9. The molecular formula is C26H30N4O3S. The highest BCUT2D eigenvalue weighted by Gasteiger charge is 2.17. The number of benzene rings is 2. The first kappa shape index (κ1) is 24.1. The van der Waals surface area contributed by atoms with Crippen molar-refractivity contribution in [2.75, 3.05) is 31.6 Å². The van der Waals surface area contributed by atoms with Gasteiger partial charge in [0.2, 0.25) is 5.91 Å². The number of rotatable bonds is 9. The molecule has 0 spiro atoms. The van der Waals surface area contributed by atoms with Crippen LogP contribution in [0.3, 0.4) is 0 Å². The second-order valence-electron chi connectivity index (χ2n) is 8.27. The van der Waals surface area contributed by atoms with Crippen molar-refractivity contribution in [1.29, 1.82) is 0 Å². The van der Waals surface area contributed by atoms with E-state index in [4.69, 9.17) is 10.5 Å². The van der Waals surface area contributed by atoms with E-state index in [1.807, 2.05) is 53.9 Å². The summed E-state index contributed by atoms with van der Waals surface area (Å²) in [6.45, 7) is 4.68. The highest BCUT2D eigenvalue weighted by molar-refractivity contribution is 7.10. The van der Waals surface area contributed by atoms with E-state index in [1.54, 1.807) is 17.4 Å². The van der Waals surface area contributed by atoms with Crippen molar-refractivity contribution in [3.8, 4) is 0 Å². The first-order valence-electron chi connectivity index (χ1n) is 11.4. The molecule has 2 heterocycles. The van der Waals surface area contributed by atoms with Crippen molar-refractivity contribution in [3.63, 3.8) is 0 Å². The molecule has 34 heavy (non-hydrogen) atoms. The van der Waals surface area contributed by atoms with Gasteiger partial charge in [-0.25, -0.2) is 0 Å². The Labute approximate surface area is 203 Å². The molecule has 0 bridgehead atoms. The molecule has 1 aliphatic rings. The Kier molecular flexibility index (Phi) is 8.43. The van der Waals surface area contributed by atoms with Crippen molar-refractivity contribution in [1.82, 2.24) is 10.2 Å². The van der Waals surface area contributed by atoms with Crippen LogP contribution < -0.4 is 16.4 Å². The third-order valence-corrected chi connectivity index (χ3v) is 6.65. The minimum Gasteiger partial charge on any atom is -0.379 e. The fraction of sp³-hybridized carbons (Fsp3) is 0.308. The van der Waals surface area contributed by atoms with E-state index in [0.717, 1.165) is 34.7 Å². The van der Waals surface area contributed by atoms with Crippen LogP contribution in [-0.2, 0) is 35.6 Å². The Morgan fingerprint density at radius 2 is 1.79 bits per heavy atom. The van der Waals surface area contributed by atoms with Gasteiger partial charge in [0.1, 0.15) is 0 Å². The van der Waals surface area contributed by atoms with E-state index >= 15 is 0 Å². The third kappa shape index (κ3) is 6.74. The zero-order valence-electron chi connectivity index (χ0n) is 19.1. The van der Waals surface area contributed by atoms with Crippen molar-refractivity contribution in [2.24, 2.45) is 5.73 Å². The van der Waals surface area contributed by atoms with Gasteiger partial charge in [-0.05, 0) is 40.3 Å². The molecule has 4 N–H and O–H groups in total. The predicted octanol–water partition coefficient (Wildman–Crippen LogP) is 3.15. The zero-order valence-corrected chi connectivity index (χ0v) is 19.9. The second kappa shape index (κ2) is 11.9. The van der Waals surface area contributed by atoms with Gasteiger partial charge in [0.05, 0.1) is 19.6 Å². The lowest BCUT2D eigenvalue weighted by Gasteiger charge is -2.27. The number of hydrogen-bond acceptors (Lipinski definition) is 6. The van der Waals surface area contributed by atoms with E-state index in [9.17, 15) is 9.59 Å². The molecule has 7 nitrogen and oxygen atoms in total. The smallest absolute Gasteiger partial charge is 0.251 e. The second-order valence-corrected chi connectivity index (χ2v) is 9.30. The number of carbonyl (C=O) groups excluding carboxylic acids is 2. The molecule has 0 radical (unpaired) electrons. The lowest BCUT2D eigenvalue weighted by molar-refractivity contribution is -0.115. The average Bonchev–Trinajstić information content (AvgIpc) is 3.37. The van der Waals surface area contributed by atoms with Gasteiger partial charge >= 0.3 is 0 Å². The number of ether oxygens (including phenoxy) is 1. The van der Waals surface area contributed by atoms with Crippen LogP contribution in [-0.4, -0.2) is 43.0 Å². The molecule has 8 heteroatoms. The highest BCUT2D eigenvalue weighted by atomic mass is 32.1. The predicted molar refractivity (Wildman–Crippen MR) is 135 cm³/mol. The molecule has 1 fully saturated rings. The highest BCUT2D eigenvalue weighted by Crippen LogP contribution is 2.22. The fourth-order valence-corrected chi connectivity index (χ4v) is 4.52. The van der Waals surface area contributed by atoms with Gasteiger partial charge in [0, 0.05) is 48.9 Å². The molecule has 2 aromatic carbocycles. The number of hydrogen-bond donors (Lipinski definition) is 3. The topological polar surface area (TPSA) is 96.7 Å². The summed E-state index contributed by atoms with van der Waals surface area (Å²) >= 11 is 1.56. The Hall–Kier alpha value is -3.04. The Balaban J connectivity index is 1.47. The summed E-state index contributed by atoms with van der Waals surface area (Å²) in [5.41, 5.74) is 9.86. The summed E-state index contributed by atoms with van der Waals surface area (Å²) in [7, 11) is 0. The normalized spacial score (nSPS) is 14.0. The maximum atomic E-state index is 12.9. The number of nitrogens with one attached hydrogen (secondary N) is 2. The molecule has 2 amide bonds. The molecular weight excluding hydrogens is 448 g/mol. The number of nitrogens with zero attached hydrogens (tertiary/aromatic N) is 1. The van der Waals surface area contributed by atoms with Gasteiger partial charge in [-0.15, -0.1) is 11.3 Å². The summed E-state index contributed by atoms with van der Waals surface area (Å²) in [6, 6.07) is 17.3. The number of amides is 2. The van der Waals surface area contributed by atoms with Crippen LogP contribution in [0.5, 0.6) is 0 Å². The van der Waals surface area contributed by atoms with E-state index in [0.29, 0.717) is 50.5 Å². The Bertz CT molecular complexity index is 1090. The molecule has 0 aliphatic carbocycles. The van der Waals surface area contributed by atoms with Gasteiger partial charge < -0.3 is 21.1 Å². The molecule has 1 aliphatic heterocycles. The SMILES string of the molecule is NCc1ccc(CNC(=O)c2ccc(CN3CCOCC3)c(NC(=O)Cc3cccs3)c2)cc1. The van der Waals surface area contributed by atoms with Crippen LogP contribution in [0.1, 0.15) is 31.9 Å². The van der Waals surface area contributed by atoms with E-state index < -0.39 is 0 Å². The summed E-state index contributed by atoms with van der Waals surface area (Å²) in [5, 5.41) is 7.96. The van der Waals surface area contributed by atoms with Crippen LogP contribution in [0.25, 0.3) is 0 Å². The van der Waals surface area contributed by atoms with E-state index in [-0.39, 0.29) is 11.8 Å². The Morgan fingerprint density at radius 1 is 1.03 bits per heavy atom. The van der Waals surface area contributed by atoms with Gasteiger partial charge in [0.25, 0.3) is 5.91 Å². The molecule has 0 unspecified atom stereocenters. The standard InChI is InChI=1S/C26H30N4O3S/c27-16-19-3-5-20(6-4-19)17-28-26(32)21-7-8-22(18-30-9-11-33-12-10-30)24(14-21)29-25(31)15-23-2-1-13-34-23/h1-8,13-14H,9-12,15-18,27H2,(H,28,32)(H,29,31). The first-order valence-corrected chi connectivity index (χ1v) is 12.3. The van der Waals surface area contributed by atoms with Gasteiger partial charge in [-0.2, -0.15) is 0 Å². The number of carbonyl (C=O) groups is 2. The van der Waals surface area contributed by atoms with Crippen molar-refractivity contribution in [2.45, 2.75) is 26.1 Å². The monoisotopic (exact) mass is 478 g/mol. The van der Waals surface area contributed by atoms with Crippen LogP contribution in [0.15, 0.2) is 60.0 Å². The number of thiophene rings is 1. The minimum absolute atomic E-state index is 0.0942. The molecule has 0 atom stereocenters. The van der Waals surface area contributed by atoms with E-state index in [1.165, 1.54) is 0 Å². The quantitative estimate of drug-likeness (QED) is 0.439. The molecule has 178 valence electrons.